The number of carbonyl (C=O) groups excluding carboxylic acids is 2. The van der Waals surface area contributed by atoms with Crippen LogP contribution in [0.15, 0.2) is 11.4 Å². The van der Waals surface area contributed by atoms with Crippen LogP contribution in [-0.4, -0.2) is 25.5 Å². The van der Waals surface area contributed by atoms with Gasteiger partial charge in [0.15, 0.2) is 0 Å². The molecule has 0 bridgehead atoms. The summed E-state index contributed by atoms with van der Waals surface area (Å²) < 4.78 is 4.55. The molecule has 0 aliphatic rings. The Morgan fingerprint density at radius 2 is 2.22 bits per heavy atom. The fraction of sp³-hybridized carbons (Fsp3) is 0.500. The van der Waals surface area contributed by atoms with Gasteiger partial charge < -0.3 is 15.4 Å². The first-order valence-corrected chi connectivity index (χ1v) is 6.63. The van der Waals surface area contributed by atoms with E-state index in [-0.39, 0.29) is 11.9 Å². The van der Waals surface area contributed by atoms with Gasteiger partial charge in [-0.3, -0.25) is 9.59 Å². The SMILES string of the molecule is COC(=O)CCCNCc1sccc1NC(C)=O. The van der Waals surface area contributed by atoms with Crippen LogP contribution in [0.1, 0.15) is 24.6 Å². The minimum atomic E-state index is -0.188. The van der Waals surface area contributed by atoms with Gasteiger partial charge in [0.1, 0.15) is 0 Å². The molecule has 18 heavy (non-hydrogen) atoms. The van der Waals surface area contributed by atoms with Crippen LogP contribution >= 0.6 is 11.3 Å². The molecule has 1 rings (SSSR count). The summed E-state index contributed by atoms with van der Waals surface area (Å²) >= 11 is 1.59. The van der Waals surface area contributed by atoms with Crippen LogP contribution in [-0.2, 0) is 20.9 Å². The summed E-state index contributed by atoms with van der Waals surface area (Å²) in [6, 6.07) is 1.89. The van der Waals surface area contributed by atoms with E-state index in [4.69, 9.17) is 0 Å². The first-order valence-electron chi connectivity index (χ1n) is 5.75. The molecule has 1 aromatic heterocycles. The van der Waals surface area contributed by atoms with Crippen molar-refractivity contribution >= 4 is 28.9 Å². The number of amides is 1. The van der Waals surface area contributed by atoms with E-state index in [1.807, 2.05) is 11.4 Å². The summed E-state index contributed by atoms with van der Waals surface area (Å²) in [7, 11) is 1.39. The van der Waals surface area contributed by atoms with Gasteiger partial charge in [0, 0.05) is 24.8 Å². The summed E-state index contributed by atoms with van der Waals surface area (Å²) in [6.07, 6.45) is 1.17. The highest BCUT2D eigenvalue weighted by Crippen LogP contribution is 2.21. The van der Waals surface area contributed by atoms with Gasteiger partial charge in [-0.25, -0.2) is 0 Å². The lowest BCUT2D eigenvalue weighted by molar-refractivity contribution is -0.140. The van der Waals surface area contributed by atoms with Crippen LogP contribution in [0.3, 0.4) is 0 Å². The maximum absolute atomic E-state index is 11.0. The Hall–Kier alpha value is -1.40. The van der Waals surface area contributed by atoms with Gasteiger partial charge in [0.05, 0.1) is 12.8 Å². The molecule has 1 aromatic rings. The molecular formula is C12H18N2O3S. The van der Waals surface area contributed by atoms with Gasteiger partial charge >= 0.3 is 5.97 Å². The number of anilines is 1. The number of thiophene rings is 1. The molecule has 1 heterocycles. The van der Waals surface area contributed by atoms with Crippen LogP contribution in [0.4, 0.5) is 5.69 Å². The second kappa shape index (κ2) is 7.84. The van der Waals surface area contributed by atoms with Gasteiger partial charge in [-0.1, -0.05) is 0 Å². The fourth-order valence-electron chi connectivity index (χ4n) is 1.44. The number of methoxy groups -OCH3 is 1. The zero-order valence-corrected chi connectivity index (χ0v) is 11.4. The Balaban J connectivity index is 2.25. The van der Waals surface area contributed by atoms with Crippen LogP contribution in [0.2, 0.25) is 0 Å². The molecule has 100 valence electrons. The predicted octanol–water partition coefficient (Wildman–Crippen LogP) is 1.75. The highest BCUT2D eigenvalue weighted by atomic mass is 32.1. The van der Waals surface area contributed by atoms with E-state index < -0.39 is 0 Å². The standard InChI is InChI=1S/C12H18N2O3S/c1-9(15)14-10-5-7-18-11(10)8-13-6-3-4-12(16)17-2/h5,7,13H,3-4,6,8H2,1-2H3,(H,14,15). The molecule has 0 radical (unpaired) electrons. The van der Waals surface area contributed by atoms with Crippen molar-refractivity contribution in [3.8, 4) is 0 Å². The molecule has 5 nitrogen and oxygen atoms in total. The van der Waals surface area contributed by atoms with E-state index in [2.05, 4.69) is 15.4 Å². The van der Waals surface area contributed by atoms with Crippen molar-refractivity contribution in [2.45, 2.75) is 26.3 Å². The molecule has 0 unspecified atom stereocenters. The lowest BCUT2D eigenvalue weighted by Gasteiger charge is -2.06. The Bertz CT molecular complexity index is 404. The summed E-state index contributed by atoms with van der Waals surface area (Å²) in [5.74, 6) is -0.257. The number of nitrogens with one attached hydrogen (secondary N) is 2. The van der Waals surface area contributed by atoms with Crippen LogP contribution in [0.25, 0.3) is 0 Å². The van der Waals surface area contributed by atoms with Crippen molar-refractivity contribution in [2.24, 2.45) is 0 Å². The van der Waals surface area contributed by atoms with E-state index >= 15 is 0 Å². The van der Waals surface area contributed by atoms with Crippen molar-refractivity contribution in [2.75, 3.05) is 19.0 Å². The molecule has 0 aliphatic carbocycles. The Morgan fingerprint density at radius 3 is 2.89 bits per heavy atom. The van der Waals surface area contributed by atoms with Crippen LogP contribution in [0, 0.1) is 0 Å². The van der Waals surface area contributed by atoms with Crippen molar-refractivity contribution in [3.63, 3.8) is 0 Å². The maximum Gasteiger partial charge on any atom is 0.305 e. The van der Waals surface area contributed by atoms with E-state index in [9.17, 15) is 9.59 Å². The van der Waals surface area contributed by atoms with Gasteiger partial charge in [0.25, 0.3) is 0 Å². The molecule has 2 N–H and O–H groups in total. The lowest BCUT2D eigenvalue weighted by atomic mass is 10.3. The zero-order chi connectivity index (χ0) is 13.4. The molecular weight excluding hydrogens is 252 g/mol. The number of carbonyl (C=O) groups is 2. The third kappa shape index (κ3) is 5.29. The average Bonchev–Trinajstić information content (AvgIpc) is 2.75. The third-order valence-corrected chi connectivity index (χ3v) is 3.22. The van der Waals surface area contributed by atoms with Crippen molar-refractivity contribution in [1.82, 2.24) is 5.32 Å². The van der Waals surface area contributed by atoms with Crippen molar-refractivity contribution in [1.29, 1.82) is 0 Å². The second-order valence-electron chi connectivity index (χ2n) is 3.80. The minimum absolute atomic E-state index is 0.0691. The third-order valence-electron chi connectivity index (χ3n) is 2.30. The maximum atomic E-state index is 11.0. The molecule has 0 saturated heterocycles. The highest BCUT2D eigenvalue weighted by molar-refractivity contribution is 7.10. The van der Waals surface area contributed by atoms with Gasteiger partial charge in [-0.15, -0.1) is 11.3 Å². The zero-order valence-electron chi connectivity index (χ0n) is 10.6. The fourth-order valence-corrected chi connectivity index (χ4v) is 2.24. The highest BCUT2D eigenvalue weighted by Gasteiger charge is 2.05. The Labute approximate surface area is 111 Å². The Kier molecular flexibility index (Phi) is 6.38. The summed E-state index contributed by atoms with van der Waals surface area (Å²) in [4.78, 5) is 22.9. The van der Waals surface area contributed by atoms with Crippen LogP contribution in [0.5, 0.6) is 0 Å². The molecule has 6 heteroatoms. The minimum Gasteiger partial charge on any atom is -0.469 e. The summed E-state index contributed by atoms with van der Waals surface area (Å²) in [5, 5.41) is 7.95. The quantitative estimate of drug-likeness (QED) is 0.585. The van der Waals surface area contributed by atoms with E-state index in [1.165, 1.54) is 14.0 Å². The average molecular weight is 270 g/mol. The molecule has 0 aromatic carbocycles. The number of rotatable bonds is 7. The van der Waals surface area contributed by atoms with Gasteiger partial charge in [-0.05, 0) is 24.4 Å². The Morgan fingerprint density at radius 1 is 1.44 bits per heavy atom. The number of hydrogen-bond acceptors (Lipinski definition) is 5. The van der Waals surface area contributed by atoms with E-state index in [0.717, 1.165) is 23.5 Å². The molecule has 0 spiro atoms. The van der Waals surface area contributed by atoms with Gasteiger partial charge in [0.2, 0.25) is 5.91 Å². The summed E-state index contributed by atoms with van der Waals surface area (Å²) in [5.41, 5.74) is 0.855. The second-order valence-corrected chi connectivity index (χ2v) is 4.80. The topological polar surface area (TPSA) is 67.4 Å². The van der Waals surface area contributed by atoms with Gasteiger partial charge in [-0.2, -0.15) is 0 Å². The molecule has 0 atom stereocenters. The first-order chi connectivity index (χ1) is 8.63. The normalized spacial score (nSPS) is 10.1. The smallest absolute Gasteiger partial charge is 0.305 e. The number of esters is 1. The van der Waals surface area contributed by atoms with Crippen LogP contribution < -0.4 is 10.6 Å². The molecule has 0 fully saturated rings. The molecule has 0 aliphatic heterocycles. The molecule has 1 amide bonds. The summed E-state index contributed by atoms with van der Waals surface area (Å²) in [6.45, 7) is 2.92. The number of ether oxygens (including phenoxy) is 1. The predicted molar refractivity (Wildman–Crippen MR) is 71.6 cm³/mol. The van der Waals surface area contributed by atoms with Crippen molar-refractivity contribution < 1.29 is 14.3 Å². The largest absolute Gasteiger partial charge is 0.469 e. The number of hydrogen-bond donors (Lipinski definition) is 2. The monoisotopic (exact) mass is 270 g/mol. The molecule has 0 saturated carbocycles. The first kappa shape index (κ1) is 14.7. The van der Waals surface area contributed by atoms with Crippen molar-refractivity contribution in [3.05, 3.63) is 16.3 Å². The van der Waals surface area contributed by atoms with E-state index in [1.54, 1.807) is 11.3 Å². The lowest BCUT2D eigenvalue weighted by Crippen LogP contribution is -2.17. The van der Waals surface area contributed by atoms with E-state index in [0.29, 0.717) is 13.0 Å².